The minimum absolute atomic E-state index is 0.0181. The van der Waals surface area contributed by atoms with Gasteiger partial charge in [0, 0.05) is 13.0 Å². The Morgan fingerprint density at radius 3 is 1.57 bits per heavy atom. The zero-order valence-electron chi connectivity index (χ0n) is 36.8. The van der Waals surface area contributed by atoms with E-state index in [0.29, 0.717) is 24.1 Å². The number of ether oxygens (including phenoxy) is 2. The molecule has 0 saturated heterocycles. The second-order valence-electron chi connectivity index (χ2n) is 16.0. The molecule has 0 aromatic rings. The highest BCUT2D eigenvalue weighted by Gasteiger charge is 2.20. The van der Waals surface area contributed by atoms with E-state index in [-0.39, 0.29) is 25.8 Å². The molecule has 0 aliphatic heterocycles. The van der Waals surface area contributed by atoms with Crippen molar-refractivity contribution in [2.45, 2.75) is 180 Å². The Bertz CT molecular complexity index is 1080. The van der Waals surface area contributed by atoms with Crippen molar-refractivity contribution >= 4 is 13.8 Å². The van der Waals surface area contributed by atoms with Crippen LogP contribution in [0.15, 0.2) is 60.8 Å². The van der Waals surface area contributed by atoms with Crippen LogP contribution in [0.2, 0.25) is 0 Å². The summed E-state index contributed by atoms with van der Waals surface area (Å²) in [5.74, 6) is -0.351. The summed E-state index contributed by atoms with van der Waals surface area (Å²) in [4.78, 5) is 25.1. The molecular weight excluding hydrogens is 721 g/mol. The van der Waals surface area contributed by atoms with E-state index in [1.807, 2.05) is 21.1 Å². The lowest BCUT2D eigenvalue weighted by Crippen LogP contribution is -2.37. The van der Waals surface area contributed by atoms with Crippen LogP contribution in [0.25, 0.3) is 0 Å². The maximum absolute atomic E-state index is 12.7. The lowest BCUT2D eigenvalue weighted by atomic mass is 10.1. The number of carbonyl (C=O) groups excluding carboxylic acids is 1. The summed E-state index contributed by atoms with van der Waals surface area (Å²) in [5, 5.41) is 0. The molecule has 2 unspecified atom stereocenters. The summed E-state index contributed by atoms with van der Waals surface area (Å²) in [7, 11) is 1.33. The predicted molar refractivity (Wildman–Crippen MR) is 236 cm³/mol. The topological polar surface area (TPSA) is 94.1 Å². The Kier molecular flexibility index (Phi) is 38.7. The van der Waals surface area contributed by atoms with E-state index in [2.05, 4.69) is 74.6 Å². The highest BCUT2D eigenvalue weighted by molar-refractivity contribution is 7.45. The summed E-state index contributed by atoms with van der Waals surface area (Å²) < 4.78 is 34.6. The van der Waals surface area contributed by atoms with E-state index in [1.165, 1.54) is 70.6 Å². The summed E-state index contributed by atoms with van der Waals surface area (Å²) in [6.45, 7) is 5.23. The molecule has 0 bridgehead atoms. The normalized spacial score (nSPS) is 14.3. The summed E-state index contributed by atoms with van der Waals surface area (Å²) in [6, 6.07) is 0. The van der Waals surface area contributed by atoms with Gasteiger partial charge >= 0.3 is 5.97 Å². The van der Waals surface area contributed by atoms with Gasteiger partial charge < -0.3 is 27.9 Å². The van der Waals surface area contributed by atoms with Gasteiger partial charge in [-0.15, -0.1) is 0 Å². The second kappa shape index (κ2) is 40.0. The molecule has 0 fully saturated rings. The molecular formula is C47H86NO7P. The van der Waals surface area contributed by atoms with Gasteiger partial charge in [-0.2, -0.15) is 0 Å². The van der Waals surface area contributed by atoms with Crippen molar-refractivity contribution in [2.75, 3.05) is 54.1 Å². The van der Waals surface area contributed by atoms with Gasteiger partial charge in [0.05, 0.1) is 34.4 Å². The van der Waals surface area contributed by atoms with Gasteiger partial charge in [0.1, 0.15) is 19.3 Å². The Morgan fingerprint density at radius 1 is 0.571 bits per heavy atom. The largest absolute Gasteiger partial charge is 0.756 e. The number of likely N-dealkylation sites (N-methyl/N-ethyl adjacent to an activating group) is 1. The molecule has 0 radical (unpaired) electrons. The summed E-state index contributed by atoms with van der Waals surface area (Å²) >= 11 is 0. The van der Waals surface area contributed by atoms with Crippen molar-refractivity contribution in [3.63, 3.8) is 0 Å². The van der Waals surface area contributed by atoms with Gasteiger partial charge in [-0.1, -0.05) is 152 Å². The lowest BCUT2D eigenvalue weighted by molar-refractivity contribution is -0.870. The van der Waals surface area contributed by atoms with E-state index in [0.717, 1.165) is 83.5 Å². The van der Waals surface area contributed by atoms with Gasteiger partial charge in [0.25, 0.3) is 7.82 Å². The van der Waals surface area contributed by atoms with Crippen LogP contribution in [-0.4, -0.2) is 70.7 Å². The standard InChI is InChI=1S/C47H86NO7P/c1-6-8-10-12-14-16-18-20-22-24-25-27-29-31-33-35-37-39-42-52-44-46(45-54-56(50,51)53-43-41-48(3,4)5)55-47(49)40-38-36-34-32-30-28-26-23-21-19-17-15-13-11-9-7-2/h8,10,14,16,20,22-23,25-27,46H,6-7,9,11-13,15,17-19,21,24,28-45H2,1-5H3/b10-8-,16-14-,22-20-,26-23-,27-25-. The summed E-state index contributed by atoms with van der Waals surface area (Å²) in [6.07, 6.45) is 49.4. The number of hydrogen-bond donors (Lipinski definition) is 0. The fraction of sp³-hybridized carbons (Fsp3) is 0.766. The molecule has 326 valence electrons. The summed E-state index contributed by atoms with van der Waals surface area (Å²) in [5.41, 5.74) is 0. The van der Waals surface area contributed by atoms with E-state index < -0.39 is 13.9 Å². The molecule has 0 heterocycles. The van der Waals surface area contributed by atoms with Crippen LogP contribution >= 0.6 is 7.82 Å². The highest BCUT2D eigenvalue weighted by Crippen LogP contribution is 2.38. The number of phosphoric acid groups is 1. The van der Waals surface area contributed by atoms with Crippen molar-refractivity contribution in [1.29, 1.82) is 0 Å². The molecule has 8 nitrogen and oxygen atoms in total. The number of allylic oxidation sites excluding steroid dienone is 10. The van der Waals surface area contributed by atoms with Gasteiger partial charge in [-0.3, -0.25) is 9.36 Å². The average molecular weight is 808 g/mol. The van der Waals surface area contributed by atoms with E-state index >= 15 is 0 Å². The molecule has 0 aliphatic rings. The third kappa shape index (κ3) is 43.3. The quantitative estimate of drug-likeness (QED) is 0.0200. The molecule has 0 spiro atoms. The van der Waals surface area contributed by atoms with Crippen LogP contribution in [0, 0.1) is 0 Å². The van der Waals surface area contributed by atoms with Crippen LogP contribution in [-0.2, 0) is 27.9 Å². The first-order chi connectivity index (χ1) is 27.1. The maximum Gasteiger partial charge on any atom is 0.306 e. The molecule has 0 rings (SSSR count). The number of phosphoric ester groups is 1. The van der Waals surface area contributed by atoms with Crippen LogP contribution in [0.1, 0.15) is 174 Å². The van der Waals surface area contributed by atoms with Crippen molar-refractivity contribution in [2.24, 2.45) is 0 Å². The number of quaternary nitrogens is 1. The molecule has 0 aliphatic carbocycles. The van der Waals surface area contributed by atoms with Crippen molar-refractivity contribution < 1.29 is 37.3 Å². The Balaban J connectivity index is 4.28. The van der Waals surface area contributed by atoms with E-state index in [1.54, 1.807) is 0 Å². The SMILES string of the molecule is CC/C=C\C/C=C\C/C=C\C/C=C\CCCCCCCOCC(COP(=O)([O-])OCC[N+](C)(C)C)OC(=O)CCCCCCC/C=C\CCCCCCCCC. The first kappa shape index (κ1) is 54.2. The molecule has 0 amide bonds. The van der Waals surface area contributed by atoms with Crippen molar-refractivity contribution in [3.05, 3.63) is 60.8 Å². The van der Waals surface area contributed by atoms with Crippen LogP contribution in [0.4, 0.5) is 0 Å². The molecule has 0 aromatic heterocycles. The zero-order chi connectivity index (χ0) is 41.3. The zero-order valence-corrected chi connectivity index (χ0v) is 37.7. The first-order valence-corrected chi connectivity index (χ1v) is 24.0. The lowest BCUT2D eigenvalue weighted by Gasteiger charge is -2.28. The van der Waals surface area contributed by atoms with E-state index in [9.17, 15) is 14.3 Å². The molecule has 0 saturated carbocycles. The number of unbranched alkanes of at least 4 members (excludes halogenated alkanes) is 17. The first-order valence-electron chi connectivity index (χ1n) is 22.5. The van der Waals surface area contributed by atoms with Crippen molar-refractivity contribution in [3.8, 4) is 0 Å². The number of nitrogens with zero attached hydrogens (tertiary/aromatic N) is 1. The Hall–Kier alpha value is -1.80. The average Bonchev–Trinajstić information content (AvgIpc) is 3.15. The van der Waals surface area contributed by atoms with Gasteiger partial charge in [-0.25, -0.2) is 0 Å². The third-order valence-corrected chi connectivity index (χ3v) is 10.3. The van der Waals surface area contributed by atoms with E-state index in [4.69, 9.17) is 18.5 Å². The fourth-order valence-electron chi connectivity index (χ4n) is 5.82. The minimum atomic E-state index is -4.53. The van der Waals surface area contributed by atoms with Gasteiger partial charge in [0.2, 0.25) is 0 Å². The maximum atomic E-state index is 12.7. The minimum Gasteiger partial charge on any atom is -0.756 e. The monoisotopic (exact) mass is 808 g/mol. The number of hydrogen-bond acceptors (Lipinski definition) is 7. The molecule has 0 N–H and O–H groups in total. The molecule has 2 atom stereocenters. The third-order valence-electron chi connectivity index (χ3n) is 9.30. The molecule has 0 aromatic carbocycles. The van der Waals surface area contributed by atoms with Gasteiger partial charge in [-0.05, 0) is 77.0 Å². The van der Waals surface area contributed by atoms with Crippen molar-refractivity contribution in [1.82, 2.24) is 0 Å². The fourth-order valence-corrected chi connectivity index (χ4v) is 6.55. The molecule has 56 heavy (non-hydrogen) atoms. The van der Waals surface area contributed by atoms with Crippen LogP contribution in [0.5, 0.6) is 0 Å². The Labute approximate surface area is 345 Å². The number of esters is 1. The van der Waals surface area contributed by atoms with Crippen LogP contribution < -0.4 is 4.89 Å². The predicted octanol–water partition coefficient (Wildman–Crippen LogP) is 12.7. The second-order valence-corrected chi connectivity index (χ2v) is 17.4. The van der Waals surface area contributed by atoms with Gasteiger partial charge in [0.15, 0.2) is 0 Å². The molecule has 9 heteroatoms. The Morgan fingerprint density at radius 2 is 1.04 bits per heavy atom. The van der Waals surface area contributed by atoms with Crippen LogP contribution in [0.3, 0.4) is 0 Å². The smallest absolute Gasteiger partial charge is 0.306 e. The number of rotatable bonds is 41. The highest BCUT2D eigenvalue weighted by atomic mass is 31.2. The number of carbonyl (C=O) groups is 1.